The third kappa shape index (κ3) is 2.57. The van der Waals surface area contributed by atoms with Gasteiger partial charge in [-0.1, -0.05) is 6.07 Å². The highest BCUT2D eigenvalue weighted by Crippen LogP contribution is 2.13. The molecule has 6 heteroatoms. The topological polar surface area (TPSA) is 66.1 Å². The van der Waals surface area contributed by atoms with Gasteiger partial charge in [0.2, 0.25) is 5.88 Å². The lowest BCUT2D eigenvalue weighted by atomic mass is 10.2. The SMILES string of the molecule is CCn1ccc(=O)n(Cc2cccnc2OC)c1=O. The highest BCUT2D eigenvalue weighted by molar-refractivity contribution is 5.25. The summed E-state index contributed by atoms with van der Waals surface area (Å²) in [6.45, 7) is 2.51. The van der Waals surface area contributed by atoms with Gasteiger partial charge in [0.1, 0.15) is 0 Å². The third-order valence-corrected chi connectivity index (χ3v) is 2.85. The highest BCUT2D eigenvalue weighted by Gasteiger charge is 2.09. The Labute approximate surface area is 109 Å². The summed E-state index contributed by atoms with van der Waals surface area (Å²) in [6, 6.07) is 4.90. The summed E-state index contributed by atoms with van der Waals surface area (Å²) in [5.74, 6) is 0.417. The fraction of sp³-hybridized carbons (Fsp3) is 0.308. The molecule has 0 aliphatic heterocycles. The number of rotatable bonds is 4. The number of aromatic nitrogens is 3. The molecule has 19 heavy (non-hydrogen) atoms. The van der Waals surface area contributed by atoms with Gasteiger partial charge in [0.05, 0.1) is 13.7 Å². The van der Waals surface area contributed by atoms with Gasteiger partial charge in [-0.25, -0.2) is 9.78 Å². The Morgan fingerprint density at radius 1 is 1.32 bits per heavy atom. The van der Waals surface area contributed by atoms with Crippen LogP contribution >= 0.6 is 0 Å². The van der Waals surface area contributed by atoms with Crippen molar-refractivity contribution in [2.75, 3.05) is 7.11 Å². The van der Waals surface area contributed by atoms with Crippen molar-refractivity contribution in [3.8, 4) is 5.88 Å². The van der Waals surface area contributed by atoms with Gasteiger partial charge in [-0.3, -0.25) is 9.36 Å². The van der Waals surface area contributed by atoms with Crippen molar-refractivity contribution in [2.45, 2.75) is 20.0 Å². The van der Waals surface area contributed by atoms with E-state index < -0.39 is 0 Å². The molecule has 0 saturated carbocycles. The van der Waals surface area contributed by atoms with Crippen molar-refractivity contribution in [1.82, 2.24) is 14.1 Å². The number of aryl methyl sites for hydroxylation is 1. The van der Waals surface area contributed by atoms with E-state index in [-0.39, 0.29) is 17.8 Å². The van der Waals surface area contributed by atoms with E-state index in [0.29, 0.717) is 18.0 Å². The smallest absolute Gasteiger partial charge is 0.331 e. The van der Waals surface area contributed by atoms with Gasteiger partial charge in [-0.2, -0.15) is 0 Å². The molecule has 0 N–H and O–H groups in total. The van der Waals surface area contributed by atoms with E-state index in [1.807, 2.05) is 6.92 Å². The van der Waals surface area contributed by atoms with E-state index in [2.05, 4.69) is 4.98 Å². The number of nitrogens with zero attached hydrogens (tertiary/aromatic N) is 3. The quantitative estimate of drug-likeness (QED) is 0.803. The van der Waals surface area contributed by atoms with Crippen LogP contribution < -0.4 is 16.0 Å². The molecule has 0 aromatic carbocycles. The predicted octanol–water partition coefficient (Wildman–Crippen LogP) is 0.482. The molecule has 0 amide bonds. The number of pyridine rings is 1. The Balaban J connectivity index is 2.49. The Hall–Kier alpha value is -2.37. The predicted molar refractivity (Wildman–Crippen MR) is 70.5 cm³/mol. The molecule has 0 aliphatic carbocycles. The van der Waals surface area contributed by atoms with Crippen LogP contribution in [0.25, 0.3) is 0 Å². The number of hydrogen-bond acceptors (Lipinski definition) is 4. The first-order valence-corrected chi connectivity index (χ1v) is 5.95. The summed E-state index contributed by atoms with van der Waals surface area (Å²) in [6.07, 6.45) is 3.10. The van der Waals surface area contributed by atoms with Crippen molar-refractivity contribution < 1.29 is 4.74 Å². The second-order valence-corrected chi connectivity index (χ2v) is 3.98. The number of hydrogen-bond donors (Lipinski definition) is 0. The van der Waals surface area contributed by atoms with E-state index in [0.717, 1.165) is 0 Å². The zero-order valence-electron chi connectivity index (χ0n) is 10.9. The van der Waals surface area contributed by atoms with Gasteiger partial charge < -0.3 is 9.30 Å². The van der Waals surface area contributed by atoms with Crippen LogP contribution in [0.3, 0.4) is 0 Å². The Bertz CT molecular complexity index is 688. The van der Waals surface area contributed by atoms with Crippen LogP contribution in [0, 0.1) is 0 Å². The molecule has 2 heterocycles. The maximum Gasteiger partial charge on any atom is 0.331 e. The highest BCUT2D eigenvalue weighted by atomic mass is 16.5. The Morgan fingerprint density at radius 2 is 2.11 bits per heavy atom. The minimum Gasteiger partial charge on any atom is -0.481 e. The normalized spacial score (nSPS) is 10.4. The Kier molecular flexibility index (Phi) is 3.79. The summed E-state index contributed by atoms with van der Waals surface area (Å²) in [5, 5.41) is 0. The van der Waals surface area contributed by atoms with Gasteiger partial charge in [-0.05, 0) is 13.0 Å². The van der Waals surface area contributed by atoms with Gasteiger partial charge in [0, 0.05) is 30.6 Å². The van der Waals surface area contributed by atoms with Crippen LogP contribution in [0.5, 0.6) is 5.88 Å². The second-order valence-electron chi connectivity index (χ2n) is 3.98. The van der Waals surface area contributed by atoms with Crippen LogP contribution in [-0.4, -0.2) is 21.2 Å². The molecular formula is C13H15N3O3. The van der Waals surface area contributed by atoms with Crippen molar-refractivity contribution in [2.24, 2.45) is 0 Å². The lowest BCUT2D eigenvalue weighted by Crippen LogP contribution is -2.39. The van der Waals surface area contributed by atoms with Gasteiger partial charge in [0.25, 0.3) is 5.56 Å². The molecule has 0 unspecified atom stereocenters. The van der Waals surface area contributed by atoms with Gasteiger partial charge in [0.15, 0.2) is 0 Å². The molecule has 0 atom stereocenters. The zero-order valence-corrected chi connectivity index (χ0v) is 10.9. The van der Waals surface area contributed by atoms with Crippen molar-refractivity contribution in [3.63, 3.8) is 0 Å². The molecule has 0 saturated heterocycles. The molecule has 100 valence electrons. The Morgan fingerprint density at radius 3 is 2.79 bits per heavy atom. The number of ether oxygens (including phenoxy) is 1. The van der Waals surface area contributed by atoms with E-state index in [4.69, 9.17) is 4.74 Å². The summed E-state index contributed by atoms with van der Waals surface area (Å²) < 4.78 is 7.76. The first-order chi connectivity index (χ1) is 9.17. The summed E-state index contributed by atoms with van der Waals surface area (Å²) >= 11 is 0. The molecule has 6 nitrogen and oxygen atoms in total. The summed E-state index contributed by atoms with van der Waals surface area (Å²) in [7, 11) is 1.50. The van der Waals surface area contributed by atoms with Crippen molar-refractivity contribution >= 4 is 0 Å². The average molecular weight is 261 g/mol. The molecule has 0 fully saturated rings. The minimum atomic E-state index is -0.333. The van der Waals surface area contributed by atoms with E-state index in [1.54, 1.807) is 18.3 Å². The lowest BCUT2D eigenvalue weighted by molar-refractivity contribution is 0.390. The van der Waals surface area contributed by atoms with Crippen LogP contribution in [-0.2, 0) is 13.1 Å². The van der Waals surface area contributed by atoms with Gasteiger partial charge in [-0.15, -0.1) is 0 Å². The molecular weight excluding hydrogens is 246 g/mol. The first-order valence-electron chi connectivity index (χ1n) is 5.95. The lowest BCUT2D eigenvalue weighted by Gasteiger charge is -2.10. The van der Waals surface area contributed by atoms with Crippen LogP contribution in [0.2, 0.25) is 0 Å². The average Bonchev–Trinajstić information content (AvgIpc) is 2.44. The van der Waals surface area contributed by atoms with Crippen LogP contribution in [0.1, 0.15) is 12.5 Å². The zero-order chi connectivity index (χ0) is 13.8. The van der Waals surface area contributed by atoms with Crippen LogP contribution in [0.4, 0.5) is 0 Å². The largest absolute Gasteiger partial charge is 0.481 e. The summed E-state index contributed by atoms with van der Waals surface area (Å²) in [4.78, 5) is 27.9. The monoisotopic (exact) mass is 261 g/mol. The fourth-order valence-corrected chi connectivity index (χ4v) is 1.84. The second kappa shape index (κ2) is 5.51. The van der Waals surface area contributed by atoms with Crippen LogP contribution in [0.15, 0.2) is 40.2 Å². The van der Waals surface area contributed by atoms with E-state index in [9.17, 15) is 9.59 Å². The molecule has 0 spiro atoms. The summed E-state index contributed by atoms with van der Waals surface area (Å²) in [5.41, 5.74) is 0.0274. The third-order valence-electron chi connectivity index (χ3n) is 2.85. The molecule has 0 radical (unpaired) electrons. The standard InChI is InChI=1S/C13H15N3O3/c1-3-15-8-6-11(17)16(13(15)18)9-10-5-4-7-14-12(10)19-2/h4-8H,3,9H2,1-2H3. The molecule has 2 aromatic heterocycles. The maximum absolute atomic E-state index is 12.1. The molecule has 2 aromatic rings. The van der Waals surface area contributed by atoms with E-state index in [1.165, 1.54) is 28.5 Å². The van der Waals surface area contributed by atoms with Gasteiger partial charge >= 0.3 is 5.69 Å². The molecule has 0 aliphatic rings. The number of methoxy groups -OCH3 is 1. The first kappa shape index (κ1) is 13.1. The van der Waals surface area contributed by atoms with Crippen molar-refractivity contribution in [3.05, 3.63) is 57.0 Å². The molecule has 2 rings (SSSR count). The minimum absolute atomic E-state index is 0.148. The maximum atomic E-state index is 12.1. The van der Waals surface area contributed by atoms with Crippen molar-refractivity contribution in [1.29, 1.82) is 0 Å². The fourth-order valence-electron chi connectivity index (χ4n) is 1.84. The molecule has 0 bridgehead atoms. The van der Waals surface area contributed by atoms with E-state index >= 15 is 0 Å².